The zero-order valence-corrected chi connectivity index (χ0v) is 12.1. The summed E-state index contributed by atoms with van der Waals surface area (Å²) in [6.45, 7) is 1.98. The van der Waals surface area contributed by atoms with Crippen molar-refractivity contribution in [2.45, 2.75) is 19.4 Å². The summed E-state index contributed by atoms with van der Waals surface area (Å²) in [6.07, 6.45) is -1.19. The van der Waals surface area contributed by atoms with Crippen LogP contribution in [-0.2, 0) is 9.53 Å². The molecule has 0 aliphatic carbocycles. The Morgan fingerprint density at radius 2 is 1.80 bits per heavy atom. The SMILES string of the molecule is CCOC(=O)CC(O)c1ccc(OC)c(OC)c1OC. The lowest BCUT2D eigenvalue weighted by atomic mass is 10.0. The maximum Gasteiger partial charge on any atom is 0.308 e. The first-order valence-electron chi connectivity index (χ1n) is 6.21. The molecule has 1 unspecified atom stereocenters. The number of hydrogen-bond donors (Lipinski definition) is 1. The standard InChI is InChI=1S/C14H20O6/c1-5-20-12(16)8-10(15)9-6-7-11(17-2)14(19-4)13(9)18-3/h6-7,10,15H,5,8H2,1-4H3. The Bertz CT molecular complexity index is 457. The highest BCUT2D eigenvalue weighted by Gasteiger charge is 2.23. The fraction of sp³-hybridized carbons (Fsp3) is 0.500. The first-order chi connectivity index (χ1) is 9.58. The van der Waals surface area contributed by atoms with Crippen LogP contribution in [0, 0.1) is 0 Å². The molecule has 0 aliphatic rings. The van der Waals surface area contributed by atoms with Gasteiger partial charge in [-0.1, -0.05) is 0 Å². The van der Waals surface area contributed by atoms with Crippen LogP contribution in [0.15, 0.2) is 12.1 Å². The van der Waals surface area contributed by atoms with Crippen molar-refractivity contribution in [2.75, 3.05) is 27.9 Å². The Morgan fingerprint density at radius 3 is 2.30 bits per heavy atom. The van der Waals surface area contributed by atoms with E-state index in [9.17, 15) is 9.90 Å². The normalized spacial score (nSPS) is 11.7. The average Bonchev–Trinajstić information content (AvgIpc) is 2.45. The Hall–Kier alpha value is -1.95. The molecule has 1 aromatic rings. The summed E-state index contributed by atoms with van der Waals surface area (Å²) in [7, 11) is 4.44. The molecule has 0 saturated heterocycles. The molecule has 0 aromatic heterocycles. The molecule has 0 fully saturated rings. The number of carbonyl (C=O) groups is 1. The van der Waals surface area contributed by atoms with Gasteiger partial charge in [0.1, 0.15) is 0 Å². The van der Waals surface area contributed by atoms with Crippen LogP contribution in [0.1, 0.15) is 25.0 Å². The number of rotatable bonds is 7. The van der Waals surface area contributed by atoms with Gasteiger partial charge in [0.05, 0.1) is 40.5 Å². The van der Waals surface area contributed by atoms with E-state index >= 15 is 0 Å². The fourth-order valence-corrected chi connectivity index (χ4v) is 1.87. The Labute approximate surface area is 118 Å². The van der Waals surface area contributed by atoms with Crippen LogP contribution in [-0.4, -0.2) is 39.0 Å². The number of ether oxygens (including phenoxy) is 4. The molecule has 112 valence electrons. The molecule has 0 radical (unpaired) electrons. The van der Waals surface area contributed by atoms with E-state index in [0.717, 1.165) is 0 Å². The van der Waals surface area contributed by atoms with E-state index in [4.69, 9.17) is 18.9 Å². The van der Waals surface area contributed by atoms with Gasteiger partial charge in [-0.15, -0.1) is 0 Å². The van der Waals surface area contributed by atoms with E-state index in [1.807, 2.05) is 0 Å². The highest BCUT2D eigenvalue weighted by Crippen LogP contribution is 2.42. The van der Waals surface area contributed by atoms with Crippen molar-refractivity contribution >= 4 is 5.97 Å². The molecule has 0 heterocycles. The molecule has 6 heteroatoms. The summed E-state index contributed by atoms with van der Waals surface area (Å²) in [5.74, 6) is 0.715. The van der Waals surface area contributed by atoms with Crippen LogP contribution in [0.2, 0.25) is 0 Å². The third-order valence-electron chi connectivity index (χ3n) is 2.76. The van der Waals surface area contributed by atoms with Crippen molar-refractivity contribution in [1.82, 2.24) is 0 Å². The van der Waals surface area contributed by atoms with Crippen molar-refractivity contribution < 1.29 is 28.8 Å². The second-order valence-electron chi connectivity index (χ2n) is 3.95. The largest absolute Gasteiger partial charge is 0.493 e. The minimum Gasteiger partial charge on any atom is -0.493 e. The second kappa shape index (κ2) is 7.59. The van der Waals surface area contributed by atoms with Crippen LogP contribution in [0.3, 0.4) is 0 Å². The molecule has 20 heavy (non-hydrogen) atoms. The first kappa shape index (κ1) is 16.1. The number of carbonyl (C=O) groups excluding carboxylic acids is 1. The van der Waals surface area contributed by atoms with Crippen molar-refractivity contribution in [3.05, 3.63) is 17.7 Å². The molecule has 1 aromatic carbocycles. The molecule has 0 spiro atoms. The van der Waals surface area contributed by atoms with Gasteiger partial charge in [-0.2, -0.15) is 0 Å². The number of esters is 1. The topological polar surface area (TPSA) is 74.2 Å². The smallest absolute Gasteiger partial charge is 0.308 e. The third kappa shape index (κ3) is 3.54. The predicted molar refractivity (Wildman–Crippen MR) is 72.3 cm³/mol. The van der Waals surface area contributed by atoms with E-state index in [0.29, 0.717) is 22.8 Å². The summed E-state index contributed by atoms with van der Waals surface area (Å²) in [5.41, 5.74) is 0.443. The van der Waals surface area contributed by atoms with Crippen molar-refractivity contribution in [1.29, 1.82) is 0 Å². The van der Waals surface area contributed by atoms with Crippen LogP contribution < -0.4 is 14.2 Å². The first-order valence-corrected chi connectivity index (χ1v) is 6.21. The molecule has 0 aliphatic heterocycles. The highest BCUT2D eigenvalue weighted by atomic mass is 16.5. The zero-order chi connectivity index (χ0) is 15.1. The maximum atomic E-state index is 11.4. The van der Waals surface area contributed by atoms with Crippen molar-refractivity contribution in [3.63, 3.8) is 0 Å². The van der Waals surface area contributed by atoms with E-state index in [2.05, 4.69) is 0 Å². The number of benzene rings is 1. The van der Waals surface area contributed by atoms with Crippen molar-refractivity contribution in [2.24, 2.45) is 0 Å². The summed E-state index contributed by atoms with van der Waals surface area (Å²) in [6, 6.07) is 3.27. The number of aliphatic hydroxyl groups is 1. The van der Waals surface area contributed by atoms with Crippen LogP contribution in [0.5, 0.6) is 17.2 Å². The molecular formula is C14H20O6. The van der Waals surface area contributed by atoms with Crippen molar-refractivity contribution in [3.8, 4) is 17.2 Å². The second-order valence-corrected chi connectivity index (χ2v) is 3.95. The molecule has 1 N–H and O–H groups in total. The minimum absolute atomic E-state index is 0.153. The maximum absolute atomic E-state index is 11.4. The lowest BCUT2D eigenvalue weighted by molar-refractivity contribution is -0.145. The Morgan fingerprint density at radius 1 is 1.15 bits per heavy atom. The van der Waals surface area contributed by atoms with Crippen LogP contribution >= 0.6 is 0 Å². The molecule has 0 saturated carbocycles. The van der Waals surface area contributed by atoms with Gasteiger partial charge in [0.15, 0.2) is 11.5 Å². The summed E-state index contributed by atoms with van der Waals surface area (Å²) in [4.78, 5) is 11.4. The fourth-order valence-electron chi connectivity index (χ4n) is 1.87. The minimum atomic E-state index is -1.04. The van der Waals surface area contributed by atoms with Gasteiger partial charge in [0.2, 0.25) is 5.75 Å². The molecule has 0 amide bonds. The number of methoxy groups -OCH3 is 3. The number of hydrogen-bond acceptors (Lipinski definition) is 6. The molecule has 0 bridgehead atoms. The van der Waals surface area contributed by atoms with E-state index < -0.39 is 12.1 Å². The third-order valence-corrected chi connectivity index (χ3v) is 2.76. The highest BCUT2D eigenvalue weighted by molar-refractivity contribution is 5.71. The monoisotopic (exact) mass is 284 g/mol. The zero-order valence-electron chi connectivity index (χ0n) is 12.1. The van der Waals surface area contributed by atoms with Gasteiger partial charge in [0, 0.05) is 5.56 Å². The lowest BCUT2D eigenvalue weighted by Gasteiger charge is -2.18. The number of aliphatic hydroxyl groups excluding tert-OH is 1. The van der Waals surface area contributed by atoms with E-state index in [-0.39, 0.29) is 13.0 Å². The molecule has 1 rings (SSSR count). The van der Waals surface area contributed by atoms with Gasteiger partial charge < -0.3 is 24.1 Å². The molecule has 1 atom stereocenters. The van der Waals surface area contributed by atoms with E-state index in [1.54, 1.807) is 19.1 Å². The Kier molecular flexibility index (Phi) is 6.11. The van der Waals surface area contributed by atoms with Gasteiger partial charge in [0.25, 0.3) is 0 Å². The molecular weight excluding hydrogens is 264 g/mol. The van der Waals surface area contributed by atoms with E-state index in [1.165, 1.54) is 21.3 Å². The van der Waals surface area contributed by atoms with Gasteiger partial charge in [-0.25, -0.2) is 0 Å². The average molecular weight is 284 g/mol. The summed E-state index contributed by atoms with van der Waals surface area (Å²) < 4.78 is 20.4. The predicted octanol–water partition coefficient (Wildman–Crippen LogP) is 1.70. The summed E-state index contributed by atoms with van der Waals surface area (Å²) >= 11 is 0. The molecule has 6 nitrogen and oxygen atoms in total. The Balaban J connectivity index is 3.08. The van der Waals surface area contributed by atoms with Gasteiger partial charge in [-0.3, -0.25) is 4.79 Å². The quantitative estimate of drug-likeness (QED) is 0.768. The lowest BCUT2D eigenvalue weighted by Crippen LogP contribution is -2.11. The summed E-state index contributed by atoms with van der Waals surface area (Å²) in [5, 5.41) is 10.1. The van der Waals surface area contributed by atoms with Crippen LogP contribution in [0.4, 0.5) is 0 Å². The van der Waals surface area contributed by atoms with Crippen LogP contribution in [0.25, 0.3) is 0 Å². The van der Waals surface area contributed by atoms with Gasteiger partial charge >= 0.3 is 5.97 Å². The van der Waals surface area contributed by atoms with Gasteiger partial charge in [-0.05, 0) is 19.1 Å².